The monoisotopic (exact) mass is 254 g/mol. The van der Waals surface area contributed by atoms with Crippen LogP contribution in [0.5, 0.6) is 0 Å². The van der Waals surface area contributed by atoms with Crippen molar-refractivity contribution in [3.8, 4) is 0 Å². The second kappa shape index (κ2) is 5.32. The molecule has 0 bridgehead atoms. The summed E-state index contributed by atoms with van der Waals surface area (Å²) in [6.07, 6.45) is 3.59. The van der Waals surface area contributed by atoms with Crippen molar-refractivity contribution in [2.75, 3.05) is 6.54 Å². The molecule has 1 saturated heterocycles. The van der Waals surface area contributed by atoms with Crippen molar-refractivity contribution in [3.63, 3.8) is 0 Å². The van der Waals surface area contributed by atoms with Crippen molar-refractivity contribution in [3.05, 3.63) is 47.5 Å². The lowest BCUT2D eigenvalue weighted by Gasteiger charge is -2.17. The number of nitrogens with two attached hydrogens (primary N) is 1. The van der Waals surface area contributed by atoms with Gasteiger partial charge in [0, 0.05) is 12.1 Å². The predicted molar refractivity (Wildman–Crippen MR) is 81.3 cm³/mol. The molecule has 0 spiro atoms. The number of aryl methyl sites for hydroxylation is 1. The van der Waals surface area contributed by atoms with Gasteiger partial charge in [0.2, 0.25) is 0 Å². The van der Waals surface area contributed by atoms with Crippen LogP contribution in [0.3, 0.4) is 0 Å². The molecule has 2 aromatic carbocycles. The highest BCUT2D eigenvalue weighted by Crippen LogP contribution is 2.24. The van der Waals surface area contributed by atoms with E-state index in [2.05, 4.69) is 48.6 Å². The molecule has 19 heavy (non-hydrogen) atoms. The Morgan fingerprint density at radius 2 is 2.00 bits per heavy atom. The third-order valence-electron chi connectivity index (χ3n) is 4.15. The van der Waals surface area contributed by atoms with Crippen molar-refractivity contribution in [1.29, 1.82) is 0 Å². The van der Waals surface area contributed by atoms with E-state index in [1.54, 1.807) is 0 Å². The fraction of sp³-hybridized carbons (Fsp3) is 0.412. The molecular formula is C17H22N2. The van der Waals surface area contributed by atoms with Gasteiger partial charge in [0.15, 0.2) is 0 Å². The molecule has 1 fully saturated rings. The van der Waals surface area contributed by atoms with Gasteiger partial charge in [-0.1, -0.05) is 35.9 Å². The number of benzene rings is 2. The molecule has 2 aromatic rings. The molecule has 1 heterocycles. The second-order valence-corrected chi connectivity index (χ2v) is 5.75. The van der Waals surface area contributed by atoms with Crippen LogP contribution < -0.4 is 11.1 Å². The molecule has 0 amide bonds. The number of fused-ring (bicyclic) bond motifs is 1. The van der Waals surface area contributed by atoms with Crippen molar-refractivity contribution in [2.45, 2.75) is 38.3 Å². The van der Waals surface area contributed by atoms with Gasteiger partial charge in [-0.3, -0.25) is 0 Å². The minimum Gasteiger partial charge on any atom is -0.324 e. The van der Waals surface area contributed by atoms with Gasteiger partial charge in [-0.25, -0.2) is 0 Å². The molecular weight excluding hydrogens is 232 g/mol. The Labute approximate surface area is 115 Å². The first kappa shape index (κ1) is 12.6. The van der Waals surface area contributed by atoms with Crippen molar-refractivity contribution in [2.24, 2.45) is 5.73 Å². The summed E-state index contributed by atoms with van der Waals surface area (Å²) in [6, 6.07) is 13.9. The van der Waals surface area contributed by atoms with Gasteiger partial charge in [-0.05, 0) is 55.1 Å². The summed E-state index contributed by atoms with van der Waals surface area (Å²) in [5, 5.41) is 6.11. The Morgan fingerprint density at radius 1 is 1.21 bits per heavy atom. The molecule has 1 aliphatic heterocycles. The smallest absolute Gasteiger partial charge is 0.0309 e. The first-order valence-electron chi connectivity index (χ1n) is 7.22. The molecule has 2 heteroatoms. The van der Waals surface area contributed by atoms with E-state index in [1.165, 1.54) is 34.7 Å². The molecule has 3 N–H and O–H groups in total. The summed E-state index contributed by atoms with van der Waals surface area (Å²) < 4.78 is 0. The highest BCUT2D eigenvalue weighted by Gasteiger charge is 2.18. The molecule has 2 unspecified atom stereocenters. The summed E-state index contributed by atoms with van der Waals surface area (Å²) in [5.74, 6) is 0. The summed E-state index contributed by atoms with van der Waals surface area (Å²) >= 11 is 0. The summed E-state index contributed by atoms with van der Waals surface area (Å²) in [4.78, 5) is 0. The predicted octanol–water partition coefficient (Wildman–Crippen LogP) is 3.29. The zero-order valence-corrected chi connectivity index (χ0v) is 11.5. The van der Waals surface area contributed by atoms with Gasteiger partial charge < -0.3 is 11.1 Å². The van der Waals surface area contributed by atoms with E-state index in [0.29, 0.717) is 6.04 Å². The van der Waals surface area contributed by atoms with Gasteiger partial charge in [0.25, 0.3) is 0 Å². The molecule has 0 aromatic heterocycles. The van der Waals surface area contributed by atoms with Crippen molar-refractivity contribution >= 4 is 10.8 Å². The van der Waals surface area contributed by atoms with Crippen LogP contribution in [-0.4, -0.2) is 12.6 Å². The van der Waals surface area contributed by atoms with Gasteiger partial charge >= 0.3 is 0 Å². The number of hydrogen-bond acceptors (Lipinski definition) is 2. The normalized spacial score (nSPS) is 20.8. The number of hydrogen-bond donors (Lipinski definition) is 2. The zero-order valence-electron chi connectivity index (χ0n) is 11.5. The number of nitrogens with one attached hydrogen (secondary N) is 1. The quantitative estimate of drug-likeness (QED) is 0.882. The van der Waals surface area contributed by atoms with Crippen LogP contribution in [0.4, 0.5) is 0 Å². The van der Waals surface area contributed by atoms with Crippen LogP contribution in [0.15, 0.2) is 36.4 Å². The maximum atomic E-state index is 6.36. The van der Waals surface area contributed by atoms with Crippen molar-refractivity contribution in [1.82, 2.24) is 5.32 Å². The lowest BCUT2D eigenvalue weighted by molar-refractivity contribution is 0.499. The lowest BCUT2D eigenvalue weighted by Crippen LogP contribution is -2.26. The van der Waals surface area contributed by atoms with Crippen LogP contribution in [0, 0.1) is 6.92 Å². The average molecular weight is 254 g/mol. The minimum absolute atomic E-state index is 0.140. The Kier molecular flexibility index (Phi) is 3.54. The fourth-order valence-corrected chi connectivity index (χ4v) is 3.01. The lowest BCUT2D eigenvalue weighted by atomic mass is 9.96. The van der Waals surface area contributed by atoms with Crippen LogP contribution in [0.25, 0.3) is 10.8 Å². The Hall–Kier alpha value is -1.38. The van der Waals surface area contributed by atoms with Gasteiger partial charge in [-0.15, -0.1) is 0 Å². The summed E-state index contributed by atoms with van der Waals surface area (Å²) in [5.41, 5.74) is 8.92. The number of rotatable bonds is 3. The first-order valence-corrected chi connectivity index (χ1v) is 7.22. The molecule has 0 aliphatic carbocycles. The molecule has 3 rings (SSSR count). The standard InChI is InChI=1S/C17H22N2/c1-12-4-5-14-10-15(7-6-13(14)9-12)17(18)11-16-3-2-8-19-16/h4-7,9-10,16-17,19H,2-3,8,11,18H2,1H3. The van der Waals surface area contributed by atoms with Crippen LogP contribution in [-0.2, 0) is 0 Å². The third kappa shape index (κ3) is 2.80. The zero-order chi connectivity index (χ0) is 13.2. The Bertz CT molecular complexity index is 570. The summed E-state index contributed by atoms with van der Waals surface area (Å²) in [7, 11) is 0. The minimum atomic E-state index is 0.140. The summed E-state index contributed by atoms with van der Waals surface area (Å²) in [6.45, 7) is 3.28. The molecule has 2 atom stereocenters. The van der Waals surface area contributed by atoms with Gasteiger partial charge in [-0.2, -0.15) is 0 Å². The maximum absolute atomic E-state index is 6.36. The Morgan fingerprint density at radius 3 is 2.79 bits per heavy atom. The van der Waals surface area contributed by atoms with E-state index >= 15 is 0 Å². The van der Waals surface area contributed by atoms with E-state index in [9.17, 15) is 0 Å². The molecule has 1 aliphatic rings. The maximum Gasteiger partial charge on any atom is 0.0309 e. The SMILES string of the molecule is Cc1ccc2cc(C(N)CC3CCCN3)ccc2c1. The second-order valence-electron chi connectivity index (χ2n) is 5.75. The topological polar surface area (TPSA) is 38.0 Å². The van der Waals surface area contributed by atoms with Gasteiger partial charge in [0.1, 0.15) is 0 Å². The molecule has 0 saturated carbocycles. The van der Waals surface area contributed by atoms with Crippen molar-refractivity contribution < 1.29 is 0 Å². The van der Waals surface area contributed by atoms with E-state index in [4.69, 9.17) is 5.73 Å². The van der Waals surface area contributed by atoms with E-state index in [-0.39, 0.29) is 6.04 Å². The van der Waals surface area contributed by atoms with E-state index in [1.807, 2.05) is 0 Å². The highest BCUT2D eigenvalue weighted by molar-refractivity contribution is 5.83. The average Bonchev–Trinajstić information content (AvgIpc) is 2.91. The first-order chi connectivity index (χ1) is 9.22. The van der Waals surface area contributed by atoms with Crippen LogP contribution in [0.2, 0.25) is 0 Å². The molecule has 0 radical (unpaired) electrons. The van der Waals surface area contributed by atoms with Gasteiger partial charge in [0.05, 0.1) is 0 Å². The van der Waals surface area contributed by atoms with Crippen LogP contribution in [0.1, 0.15) is 36.4 Å². The third-order valence-corrected chi connectivity index (χ3v) is 4.15. The highest BCUT2D eigenvalue weighted by atomic mass is 14.9. The molecule has 100 valence electrons. The van der Waals surface area contributed by atoms with Crippen LogP contribution >= 0.6 is 0 Å². The fourth-order valence-electron chi connectivity index (χ4n) is 3.01. The molecule has 2 nitrogen and oxygen atoms in total. The van der Waals surface area contributed by atoms with E-state index < -0.39 is 0 Å². The van der Waals surface area contributed by atoms with E-state index in [0.717, 1.165) is 13.0 Å². The largest absolute Gasteiger partial charge is 0.324 e. The Balaban J connectivity index is 1.81.